The van der Waals surface area contributed by atoms with Crippen molar-refractivity contribution in [3.8, 4) is 5.75 Å². The van der Waals surface area contributed by atoms with Crippen LogP contribution in [0.1, 0.15) is 34.6 Å². The van der Waals surface area contributed by atoms with Crippen LogP contribution in [0.5, 0.6) is 5.75 Å². The number of carbonyl (C=O) groups is 2. The predicted molar refractivity (Wildman–Crippen MR) is 124 cm³/mol. The number of aromatic nitrogens is 1. The van der Waals surface area contributed by atoms with Crippen molar-refractivity contribution in [2.24, 2.45) is 0 Å². The molecule has 1 saturated heterocycles. The zero-order valence-corrected chi connectivity index (χ0v) is 18.9. The van der Waals surface area contributed by atoms with E-state index >= 15 is 0 Å². The maximum absolute atomic E-state index is 13.2. The van der Waals surface area contributed by atoms with Crippen LogP contribution >= 0.6 is 0 Å². The molecule has 0 saturated carbocycles. The average Bonchev–Trinajstić information content (AvgIpc) is 3.25. The number of hydrogen-bond donors (Lipinski definition) is 1. The van der Waals surface area contributed by atoms with E-state index in [1.807, 2.05) is 60.4 Å². The third kappa shape index (κ3) is 5.23. The smallest absolute Gasteiger partial charge is 0.257 e. The normalized spacial score (nSPS) is 15.2. The Hall–Kier alpha value is -3.65. The van der Waals surface area contributed by atoms with Crippen LogP contribution in [0.4, 0.5) is 5.82 Å². The second-order valence-electron chi connectivity index (χ2n) is 7.88. The minimum absolute atomic E-state index is 0.0579. The van der Waals surface area contributed by atoms with Crippen molar-refractivity contribution in [3.63, 3.8) is 0 Å². The molecule has 8 nitrogen and oxygen atoms in total. The Morgan fingerprint density at radius 1 is 1.06 bits per heavy atom. The van der Waals surface area contributed by atoms with Gasteiger partial charge in [-0.3, -0.25) is 14.5 Å². The van der Waals surface area contributed by atoms with Crippen molar-refractivity contribution in [3.05, 3.63) is 77.6 Å². The number of nitrogens with one attached hydrogen (secondary N) is 1. The topological polar surface area (TPSA) is 87.9 Å². The summed E-state index contributed by atoms with van der Waals surface area (Å²) in [6.45, 7) is 6.32. The number of amides is 2. The van der Waals surface area contributed by atoms with Gasteiger partial charge in [-0.1, -0.05) is 47.6 Å². The first-order chi connectivity index (χ1) is 16.1. The summed E-state index contributed by atoms with van der Waals surface area (Å²) in [7, 11) is 0. The zero-order valence-electron chi connectivity index (χ0n) is 18.9. The van der Waals surface area contributed by atoms with Gasteiger partial charge in [-0.05, 0) is 31.5 Å². The van der Waals surface area contributed by atoms with Crippen LogP contribution in [0, 0.1) is 6.92 Å². The van der Waals surface area contributed by atoms with Gasteiger partial charge in [0.1, 0.15) is 17.6 Å². The Balaban J connectivity index is 1.48. The summed E-state index contributed by atoms with van der Waals surface area (Å²) in [5.74, 6) is 1.37. The molecule has 8 heteroatoms. The number of aryl methyl sites for hydroxylation is 1. The van der Waals surface area contributed by atoms with Gasteiger partial charge in [0.05, 0.1) is 12.2 Å². The highest BCUT2D eigenvalue weighted by atomic mass is 16.5. The summed E-state index contributed by atoms with van der Waals surface area (Å²) in [5.41, 5.74) is 1.45. The molecule has 1 N–H and O–H groups in total. The van der Waals surface area contributed by atoms with Gasteiger partial charge < -0.3 is 19.5 Å². The van der Waals surface area contributed by atoms with E-state index in [0.717, 1.165) is 5.56 Å². The van der Waals surface area contributed by atoms with E-state index in [9.17, 15) is 9.59 Å². The number of piperazine rings is 1. The van der Waals surface area contributed by atoms with Crippen LogP contribution in [0.15, 0.2) is 65.2 Å². The van der Waals surface area contributed by atoms with Crippen LogP contribution in [0.2, 0.25) is 0 Å². The second-order valence-corrected chi connectivity index (χ2v) is 7.88. The first kappa shape index (κ1) is 22.5. The SMILES string of the molecule is CCOc1ccccc1C(=O)N1CCN(C(C(=O)Nc2cc(C)on2)c2ccccc2)CC1. The molecule has 0 spiro atoms. The number of anilines is 1. The highest BCUT2D eigenvalue weighted by Gasteiger charge is 2.32. The van der Waals surface area contributed by atoms with Crippen molar-refractivity contribution in [1.82, 2.24) is 15.0 Å². The zero-order chi connectivity index (χ0) is 23.2. The van der Waals surface area contributed by atoms with Crippen LogP contribution in [0.25, 0.3) is 0 Å². The van der Waals surface area contributed by atoms with E-state index in [2.05, 4.69) is 15.4 Å². The summed E-state index contributed by atoms with van der Waals surface area (Å²) in [6.07, 6.45) is 0. The maximum Gasteiger partial charge on any atom is 0.257 e. The minimum atomic E-state index is -0.504. The molecule has 2 amide bonds. The Morgan fingerprint density at radius 3 is 2.42 bits per heavy atom. The molecule has 4 rings (SSSR count). The molecule has 33 heavy (non-hydrogen) atoms. The van der Waals surface area contributed by atoms with Gasteiger partial charge in [-0.2, -0.15) is 0 Å². The Morgan fingerprint density at radius 2 is 1.76 bits per heavy atom. The molecule has 0 bridgehead atoms. The first-order valence-corrected chi connectivity index (χ1v) is 11.1. The Labute approximate surface area is 193 Å². The summed E-state index contributed by atoms with van der Waals surface area (Å²) >= 11 is 0. The van der Waals surface area contributed by atoms with Gasteiger partial charge in [0, 0.05) is 32.2 Å². The van der Waals surface area contributed by atoms with Crippen molar-refractivity contribution >= 4 is 17.6 Å². The molecule has 2 aromatic carbocycles. The van der Waals surface area contributed by atoms with E-state index in [4.69, 9.17) is 9.26 Å². The number of para-hydroxylation sites is 1. The van der Waals surface area contributed by atoms with Gasteiger partial charge in [-0.15, -0.1) is 0 Å². The molecule has 1 atom stereocenters. The summed E-state index contributed by atoms with van der Waals surface area (Å²) in [5, 5.41) is 6.74. The molecule has 1 aromatic heterocycles. The van der Waals surface area contributed by atoms with Crippen molar-refractivity contribution in [2.45, 2.75) is 19.9 Å². The minimum Gasteiger partial charge on any atom is -0.493 e. The highest BCUT2D eigenvalue weighted by Crippen LogP contribution is 2.26. The number of benzene rings is 2. The molecule has 0 aliphatic carbocycles. The molecule has 172 valence electrons. The summed E-state index contributed by atoms with van der Waals surface area (Å²) < 4.78 is 10.7. The number of nitrogens with zero attached hydrogens (tertiary/aromatic N) is 3. The lowest BCUT2D eigenvalue weighted by molar-refractivity contribution is -0.122. The van der Waals surface area contributed by atoms with Crippen LogP contribution in [0.3, 0.4) is 0 Å². The Kier molecular flexibility index (Phi) is 7.04. The number of carbonyl (C=O) groups excluding carboxylic acids is 2. The molecule has 1 fully saturated rings. The fraction of sp³-hybridized carbons (Fsp3) is 0.320. The number of rotatable bonds is 7. The lowest BCUT2D eigenvalue weighted by atomic mass is 10.0. The monoisotopic (exact) mass is 448 g/mol. The van der Waals surface area contributed by atoms with Gasteiger partial charge in [0.2, 0.25) is 5.91 Å². The largest absolute Gasteiger partial charge is 0.493 e. The molecule has 3 aromatic rings. The summed E-state index contributed by atoms with van der Waals surface area (Å²) in [6, 6.07) is 18.1. The molecular weight excluding hydrogens is 420 g/mol. The number of hydrogen-bond acceptors (Lipinski definition) is 6. The Bertz CT molecular complexity index is 1090. The van der Waals surface area contributed by atoms with Gasteiger partial charge in [0.25, 0.3) is 5.91 Å². The standard InChI is InChI=1S/C25H28N4O4/c1-3-32-21-12-8-7-11-20(21)25(31)29-15-13-28(14-16-29)23(19-9-5-4-6-10-19)24(30)26-22-17-18(2)33-27-22/h4-12,17,23H,3,13-16H2,1-2H3,(H,26,27,30). The second kappa shape index (κ2) is 10.3. The van der Waals surface area contributed by atoms with E-state index in [1.165, 1.54) is 0 Å². The molecule has 1 unspecified atom stereocenters. The van der Waals surface area contributed by atoms with Crippen molar-refractivity contribution in [1.29, 1.82) is 0 Å². The quantitative estimate of drug-likeness (QED) is 0.595. The maximum atomic E-state index is 13.2. The summed E-state index contributed by atoms with van der Waals surface area (Å²) in [4.78, 5) is 30.3. The lowest BCUT2D eigenvalue weighted by Crippen LogP contribution is -2.51. The third-order valence-corrected chi connectivity index (χ3v) is 5.63. The molecule has 2 heterocycles. The molecule has 0 radical (unpaired) electrons. The van der Waals surface area contributed by atoms with Gasteiger partial charge in [-0.25, -0.2) is 0 Å². The fourth-order valence-corrected chi connectivity index (χ4v) is 4.06. The van der Waals surface area contributed by atoms with Crippen molar-refractivity contribution < 1.29 is 18.8 Å². The van der Waals surface area contributed by atoms with E-state index in [-0.39, 0.29) is 11.8 Å². The third-order valence-electron chi connectivity index (χ3n) is 5.63. The van der Waals surface area contributed by atoms with E-state index in [1.54, 1.807) is 19.1 Å². The van der Waals surface area contributed by atoms with E-state index < -0.39 is 6.04 Å². The lowest BCUT2D eigenvalue weighted by Gasteiger charge is -2.38. The molecule has 1 aliphatic rings. The first-order valence-electron chi connectivity index (χ1n) is 11.1. The van der Waals surface area contributed by atoms with Crippen LogP contribution in [-0.4, -0.2) is 59.6 Å². The van der Waals surface area contributed by atoms with Crippen LogP contribution in [-0.2, 0) is 4.79 Å². The van der Waals surface area contributed by atoms with Crippen molar-refractivity contribution in [2.75, 3.05) is 38.1 Å². The molecular formula is C25H28N4O4. The number of ether oxygens (including phenoxy) is 1. The van der Waals surface area contributed by atoms with Crippen LogP contribution < -0.4 is 10.1 Å². The molecule has 1 aliphatic heterocycles. The fourth-order valence-electron chi connectivity index (χ4n) is 4.06. The van der Waals surface area contributed by atoms with E-state index in [0.29, 0.717) is 55.7 Å². The highest BCUT2D eigenvalue weighted by molar-refractivity contribution is 5.97. The van der Waals surface area contributed by atoms with Gasteiger partial charge in [0.15, 0.2) is 5.82 Å². The average molecular weight is 449 g/mol. The van der Waals surface area contributed by atoms with Gasteiger partial charge >= 0.3 is 0 Å². The predicted octanol–water partition coefficient (Wildman–Crippen LogP) is 3.52.